The van der Waals surface area contributed by atoms with Crippen LogP contribution in [0.5, 0.6) is 0 Å². The van der Waals surface area contributed by atoms with Crippen molar-refractivity contribution in [1.82, 2.24) is 9.44 Å². The molecule has 0 aromatic heterocycles. The Hall–Kier alpha value is -0.710. The molecule has 8 nitrogen and oxygen atoms in total. The van der Waals surface area contributed by atoms with Crippen molar-refractivity contribution in [1.29, 1.82) is 0 Å². The van der Waals surface area contributed by atoms with E-state index in [9.17, 15) is 26.7 Å². The van der Waals surface area contributed by atoms with E-state index in [0.717, 1.165) is 38.5 Å². The van der Waals surface area contributed by atoms with Gasteiger partial charge in [0, 0.05) is 0 Å². The molecule has 0 spiro atoms. The molecule has 0 unspecified atom stereocenters. The Labute approximate surface area is 253 Å². The van der Waals surface area contributed by atoms with E-state index in [4.69, 9.17) is 0 Å². The van der Waals surface area contributed by atoms with Crippen molar-refractivity contribution in [2.24, 2.45) is 0 Å². The van der Waals surface area contributed by atoms with Crippen molar-refractivity contribution in [3.8, 4) is 0 Å². The molecule has 0 radical (unpaired) electrons. The molecule has 0 saturated heterocycles. The van der Waals surface area contributed by atoms with Crippen LogP contribution in [0.25, 0.3) is 0 Å². The Morgan fingerprint density at radius 3 is 0.976 bits per heavy atom. The van der Waals surface area contributed by atoms with Crippen molar-refractivity contribution in [2.45, 2.75) is 181 Å². The molecular weight excluding hydrogens is 560 g/mol. The fraction of sp³-hybridized carbons (Fsp3) is 0.968. The van der Waals surface area contributed by atoms with Gasteiger partial charge in [0.15, 0.2) is 0 Å². The second kappa shape index (κ2) is 26.9. The highest BCUT2D eigenvalue weighted by Crippen LogP contribution is 2.14. The maximum atomic E-state index is 12.5. The minimum Gasteiger partial charge on any atom is -0.481 e. The molecule has 0 fully saturated rings. The first kappa shape index (κ1) is 40.3. The number of carbonyl (C=O) groups is 1. The van der Waals surface area contributed by atoms with Crippen molar-refractivity contribution >= 4 is 26.0 Å². The van der Waals surface area contributed by atoms with E-state index >= 15 is 0 Å². The van der Waals surface area contributed by atoms with E-state index in [-0.39, 0.29) is 11.5 Å². The third-order valence-corrected chi connectivity index (χ3v) is 10.5. The van der Waals surface area contributed by atoms with Gasteiger partial charge in [0.1, 0.15) is 0 Å². The summed E-state index contributed by atoms with van der Waals surface area (Å²) in [6.07, 6.45) is 25.0. The zero-order chi connectivity index (χ0) is 30.7. The molecule has 0 saturated carbocycles. The number of hydrogen-bond acceptors (Lipinski definition) is 5. The van der Waals surface area contributed by atoms with Crippen molar-refractivity contribution < 1.29 is 26.7 Å². The molecule has 0 aromatic rings. The van der Waals surface area contributed by atoms with Gasteiger partial charge in [-0.25, -0.2) is 16.8 Å². The van der Waals surface area contributed by atoms with Crippen LogP contribution in [0, 0.1) is 0 Å². The van der Waals surface area contributed by atoms with E-state index in [1.165, 1.54) is 103 Å². The van der Waals surface area contributed by atoms with Gasteiger partial charge in [-0.05, 0) is 12.8 Å². The molecule has 10 heteroatoms. The molecule has 246 valence electrons. The van der Waals surface area contributed by atoms with Crippen LogP contribution in [-0.4, -0.2) is 45.6 Å². The molecule has 0 bridgehead atoms. The first-order chi connectivity index (χ1) is 19.6. The minimum atomic E-state index is -3.80. The molecule has 0 aliphatic heterocycles. The number of carboxylic acids is 1. The summed E-state index contributed by atoms with van der Waals surface area (Å²) in [5.74, 6) is -1.54. The summed E-state index contributed by atoms with van der Waals surface area (Å²) in [6, 6.07) is 0. The van der Waals surface area contributed by atoms with Crippen LogP contribution in [0.2, 0.25) is 0 Å². The summed E-state index contributed by atoms with van der Waals surface area (Å²) in [5.41, 5.74) is 0. The van der Waals surface area contributed by atoms with Gasteiger partial charge in [-0.15, -0.1) is 0 Å². The Kier molecular flexibility index (Phi) is 26.4. The smallest absolute Gasteiger partial charge is 0.306 e. The average Bonchev–Trinajstić information content (AvgIpc) is 2.89. The van der Waals surface area contributed by atoms with Crippen molar-refractivity contribution in [3.05, 3.63) is 0 Å². The Morgan fingerprint density at radius 2 is 0.732 bits per heavy atom. The zero-order valence-electron chi connectivity index (χ0n) is 26.5. The molecule has 3 N–H and O–H groups in total. The van der Waals surface area contributed by atoms with Gasteiger partial charge in [0.2, 0.25) is 20.0 Å². The monoisotopic (exact) mass is 624 g/mol. The largest absolute Gasteiger partial charge is 0.481 e. The summed E-state index contributed by atoms with van der Waals surface area (Å²) in [4.78, 5) is 11.3. The van der Waals surface area contributed by atoms with Crippen LogP contribution < -0.4 is 9.44 Å². The van der Waals surface area contributed by atoms with E-state index < -0.39 is 38.6 Å². The lowest BCUT2D eigenvalue weighted by molar-refractivity contribution is -0.137. The van der Waals surface area contributed by atoms with Crippen molar-refractivity contribution in [3.63, 3.8) is 0 Å². The number of rotatable bonds is 32. The van der Waals surface area contributed by atoms with E-state index in [1.807, 2.05) is 0 Å². The highest BCUT2D eigenvalue weighted by atomic mass is 32.2. The van der Waals surface area contributed by atoms with Crippen LogP contribution in [0.3, 0.4) is 0 Å². The quantitative estimate of drug-likeness (QED) is 0.0513. The highest BCUT2D eigenvalue weighted by molar-refractivity contribution is 7.90. The third-order valence-electron chi connectivity index (χ3n) is 7.56. The third kappa shape index (κ3) is 29.2. The fourth-order valence-corrected chi connectivity index (χ4v) is 7.73. The standard InChI is InChI=1S/C31H64N2O6S2/c1-3-5-7-9-11-13-15-17-19-21-23-25-27-40(36,37)32-30(29-31(34)35)33-41(38,39)28-26-24-22-20-18-16-14-12-10-8-6-4-2/h30,32-33H,3-29H2,1-2H3,(H,34,35). The number of nitrogens with one attached hydrogen (secondary N) is 2. The molecule has 0 aliphatic carbocycles. The predicted molar refractivity (Wildman–Crippen MR) is 172 cm³/mol. The summed E-state index contributed by atoms with van der Waals surface area (Å²) < 4.78 is 54.6. The minimum absolute atomic E-state index is 0.138. The number of hydrogen-bond donors (Lipinski definition) is 3. The van der Waals surface area contributed by atoms with E-state index in [0.29, 0.717) is 12.8 Å². The molecule has 0 atom stereocenters. The lowest BCUT2D eigenvalue weighted by Gasteiger charge is -2.19. The Morgan fingerprint density at radius 1 is 0.488 bits per heavy atom. The van der Waals surface area contributed by atoms with Gasteiger partial charge in [-0.2, -0.15) is 9.44 Å². The summed E-state index contributed by atoms with van der Waals surface area (Å²) >= 11 is 0. The maximum absolute atomic E-state index is 12.5. The van der Waals surface area contributed by atoms with Crippen molar-refractivity contribution in [2.75, 3.05) is 11.5 Å². The molecule has 41 heavy (non-hydrogen) atoms. The topological polar surface area (TPSA) is 130 Å². The SMILES string of the molecule is CCCCCCCCCCCCCCS(=O)(=O)NC(CC(=O)O)NS(=O)(=O)CCCCCCCCCCCCCC. The molecule has 0 rings (SSSR count). The Bertz CT molecular complexity index is 758. The molecule has 0 heterocycles. The first-order valence-electron chi connectivity index (χ1n) is 16.8. The fourth-order valence-electron chi connectivity index (χ4n) is 5.10. The van der Waals surface area contributed by atoms with E-state index in [2.05, 4.69) is 23.3 Å². The van der Waals surface area contributed by atoms with Gasteiger partial charge in [-0.3, -0.25) is 4.79 Å². The second-order valence-corrected chi connectivity index (χ2v) is 15.5. The van der Waals surface area contributed by atoms with Crippen LogP contribution >= 0.6 is 0 Å². The van der Waals surface area contributed by atoms with Crippen LogP contribution in [-0.2, 0) is 24.8 Å². The summed E-state index contributed by atoms with van der Waals surface area (Å²) in [7, 11) is -7.60. The maximum Gasteiger partial charge on any atom is 0.306 e. The van der Waals surface area contributed by atoms with Gasteiger partial charge in [0.25, 0.3) is 0 Å². The van der Waals surface area contributed by atoms with Gasteiger partial charge in [-0.1, -0.05) is 155 Å². The lowest BCUT2D eigenvalue weighted by atomic mass is 10.1. The second-order valence-electron chi connectivity index (χ2n) is 11.8. The average molecular weight is 625 g/mol. The van der Waals surface area contributed by atoms with Crippen LogP contribution in [0.15, 0.2) is 0 Å². The highest BCUT2D eigenvalue weighted by Gasteiger charge is 2.24. The number of aliphatic carboxylic acids is 1. The number of sulfonamides is 2. The van der Waals surface area contributed by atoms with Gasteiger partial charge in [0.05, 0.1) is 24.1 Å². The number of carboxylic acid groups (broad SMARTS) is 1. The molecule has 0 aromatic carbocycles. The lowest BCUT2D eigenvalue weighted by Crippen LogP contribution is -2.50. The summed E-state index contributed by atoms with van der Waals surface area (Å²) in [6.45, 7) is 4.44. The van der Waals surface area contributed by atoms with Crippen LogP contribution in [0.4, 0.5) is 0 Å². The zero-order valence-corrected chi connectivity index (χ0v) is 28.1. The Balaban J connectivity index is 4.13. The molecule has 0 amide bonds. The van der Waals surface area contributed by atoms with E-state index in [1.54, 1.807) is 0 Å². The van der Waals surface area contributed by atoms with Crippen LogP contribution in [0.1, 0.15) is 174 Å². The van der Waals surface area contributed by atoms with Gasteiger partial charge < -0.3 is 5.11 Å². The van der Waals surface area contributed by atoms with Gasteiger partial charge >= 0.3 is 5.97 Å². The molecular formula is C31H64N2O6S2. The summed E-state index contributed by atoms with van der Waals surface area (Å²) in [5, 5.41) is 9.19. The normalized spacial score (nSPS) is 12.4. The first-order valence-corrected chi connectivity index (χ1v) is 20.1. The number of unbranched alkanes of at least 4 members (excludes halogenated alkanes) is 22. The predicted octanol–water partition coefficient (Wildman–Crippen LogP) is 8.03. The molecule has 0 aliphatic rings.